The van der Waals surface area contributed by atoms with Crippen molar-refractivity contribution in [3.05, 3.63) is 114 Å². The van der Waals surface area contributed by atoms with E-state index in [1.807, 2.05) is 72.8 Å². The molecular formula is C28H28N4O3. The number of nitrogens with one attached hydrogen (secondary N) is 2. The largest absolute Gasteiger partial charge is 0.496 e. The third kappa shape index (κ3) is 6.80. The summed E-state index contributed by atoms with van der Waals surface area (Å²) in [4.78, 5) is 25.3. The minimum atomic E-state index is -0.189. The van der Waals surface area contributed by atoms with Gasteiger partial charge in [0.2, 0.25) is 11.8 Å². The lowest BCUT2D eigenvalue weighted by molar-refractivity contribution is -0.122. The molecule has 7 nitrogen and oxygen atoms in total. The zero-order valence-corrected chi connectivity index (χ0v) is 19.6. The number of aromatic nitrogens is 2. The summed E-state index contributed by atoms with van der Waals surface area (Å²) in [5, 5.41) is 10.2. The molecule has 0 unspecified atom stereocenters. The highest BCUT2D eigenvalue weighted by molar-refractivity contribution is 5.92. The van der Waals surface area contributed by atoms with Crippen LogP contribution in [0.2, 0.25) is 0 Å². The van der Waals surface area contributed by atoms with Crippen molar-refractivity contribution < 1.29 is 14.3 Å². The van der Waals surface area contributed by atoms with Crippen molar-refractivity contribution in [3.63, 3.8) is 0 Å². The van der Waals surface area contributed by atoms with Crippen molar-refractivity contribution in [2.75, 3.05) is 12.4 Å². The molecule has 0 saturated carbocycles. The normalized spacial score (nSPS) is 11.5. The summed E-state index contributed by atoms with van der Waals surface area (Å²) < 4.78 is 6.82. The van der Waals surface area contributed by atoms with E-state index in [1.54, 1.807) is 13.3 Å². The first kappa shape index (κ1) is 23.8. The van der Waals surface area contributed by atoms with E-state index in [9.17, 15) is 9.59 Å². The Morgan fingerprint density at radius 2 is 1.60 bits per heavy atom. The highest BCUT2D eigenvalue weighted by Crippen LogP contribution is 2.20. The molecule has 1 heterocycles. The highest BCUT2D eigenvalue weighted by Gasteiger charge is 2.16. The topological polar surface area (TPSA) is 85.2 Å². The van der Waals surface area contributed by atoms with Crippen LogP contribution in [0.4, 0.5) is 5.69 Å². The molecule has 7 heteroatoms. The number of hydrogen-bond donors (Lipinski definition) is 2. The summed E-state index contributed by atoms with van der Waals surface area (Å²) in [6, 6.07) is 27.2. The van der Waals surface area contributed by atoms with Crippen LogP contribution in [0.25, 0.3) is 0 Å². The Morgan fingerprint density at radius 3 is 2.34 bits per heavy atom. The number of rotatable bonds is 10. The Bertz CT molecular complexity index is 1260. The fraction of sp³-hybridized carbons (Fsp3) is 0.179. The first-order chi connectivity index (χ1) is 17.1. The number of hydrogen-bond acceptors (Lipinski definition) is 4. The highest BCUT2D eigenvalue weighted by atomic mass is 16.5. The van der Waals surface area contributed by atoms with Crippen molar-refractivity contribution in [1.82, 2.24) is 15.1 Å². The average molecular weight is 469 g/mol. The number of amides is 2. The van der Waals surface area contributed by atoms with Crippen molar-refractivity contribution in [2.45, 2.75) is 25.4 Å². The van der Waals surface area contributed by atoms with E-state index in [0.29, 0.717) is 17.9 Å². The van der Waals surface area contributed by atoms with Gasteiger partial charge in [-0.2, -0.15) is 5.10 Å². The molecule has 1 aromatic heterocycles. The lowest BCUT2D eigenvalue weighted by Gasteiger charge is -2.19. The molecule has 0 saturated heterocycles. The number of carbonyl (C=O) groups excluding carboxylic acids is 2. The monoisotopic (exact) mass is 468 g/mol. The number of ether oxygens (including phenoxy) is 1. The molecule has 35 heavy (non-hydrogen) atoms. The zero-order valence-electron chi connectivity index (χ0n) is 19.6. The average Bonchev–Trinajstić information content (AvgIpc) is 3.31. The molecule has 0 aliphatic heterocycles. The standard InChI is InChI=1S/C28H28N4O3/c1-35-26-15-9-8-14-23(26)17-27(33)30-24-18-29-32(19-24)20-28(34)31-25(22-12-6-3-7-13-22)16-21-10-4-2-5-11-21/h2-15,18-19,25H,16-17,20H2,1H3,(H,30,33)(H,31,34)/t25-/m1/s1. The van der Waals surface area contributed by atoms with Crippen LogP contribution in [-0.4, -0.2) is 28.7 Å². The van der Waals surface area contributed by atoms with Crippen LogP contribution in [0.5, 0.6) is 5.75 Å². The fourth-order valence-corrected chi connectivity index (χ4v) is 3.92. The molecule has 0 aliphatic carbocycles. The maximum atomic E-state index is 12.9. The molecule has 2 amide bonds. The minimum absolute atomic E-state index is 0.0422. The number of para-hydroxylation sites is 1. The number of benzene rings is 3. The fourth-order valence-electron chi connectivity index (χ4n) is 3.92. The molecule has 0 bridgehead atoms. The van der Waals surface area contributed by atoms with Gasteiger partial charge in [0, 0.05) is 11.8 Å². The second-order valence-electron chi connectivity index (χ2n) is 8.18. The summed E-state index contributed by atoms with van der Waals surface area (Å²) in [5.41, 5.74) is 3.50. The smallest absolute Gasteiger partial charge is 0.242 e. The second kappa shape index (κ2) is 11.7. The SMILES string of the molecule is COc1ccccc1CC(=O)Nc1cnn(CC(=O)N[C@H](Cc2ccccc2)c2ccccc2)c1. The van der Waals surface area contributed by atoms with Crippen molar-refractivity contribution >= 4 is 17.5 Å². The van der Waals surface area contributed by atoms with E-state index < -0.39 is 0 Å². The van der Waals surface area contributed by atoms with Gasteiger partial charge in [0.05, 0.1) is 31.5 Å². The quantitative estimate of drug-likeness (QED) is 0.366. The van der Waals surface area contributed by atoms with Gasteiger partial charge in [0.25, 0.3) is 0 Å². The Hall–Kier alpha value is -4.39. The Morgan fingerprint density at radius 1 is 0.914 bits per heavy atom. The molecular weight excluding hydrogens is 440 g/mol. The summed E-state index contributed by atoms with van der Waals surface area (Å²) >= 11 is 0. The second-order valence-corrected chi connectivity index (χ2v) is 8.18. The van der Waals surface area contributed by atoms with Crippen LogP contribution >= 0.6 is 0 Å². The van der Waals surface area contributed by atoms with E-state index in [-0.39, 0.29) is 30.8 Å². The lowest BCUT2D eigenvalue weighted by Crippen LogP contribution is -2.32. The predicted octanol–water partition coefficient (Wildman–Crippen LogP) is 4.17. The van der Waals surface area contributed by atoms with Crippen LogP contribution in [0.1, 0.15) is 22.7 Å². The van der Waals surface area contributed by atoms with Crippen molar-refractivity contribution in [2.24, 2.45) is 0 Å². The molecule has 4 rings (SSSR count). The van der Waals surface area contributed by atoms with Gasteiger partial charge in [0.15, 0.2) is 0 Å². The van der Waals surface area contributed by atoms with Gasteiger partial charge in [0.1, 0.15) is 12.3 Å². The number of anilines is 1. The Kier molecular flexibility index (Phi) is 7.91. The molecule has 4 aromatic rings. The number of methoxy groups -OCH3 is 1. The molecule has 0 spiro atoms. The third-order valence-electron chi connectivity index (χ3n) is 5.59. The van der Waals surface area contributed by atoms with Crippen LogP contribution in [-0.2, 0) is 29.0 Å². The summed E-state index contributed by atoms with van der Waals surface area (Å²) in [7, 11) is 1.58. The van der Waals surface area contributed by atoms with Gasteiger partial charge < -0.3 is 15.4 Å². The van der Waals surface area contributed by atoms with Gasteiger partial charge >= 0.3 is 0 Å². The summed E-state index contributed by atoms with van der Waals surface area (Å²) in [5.74, 6) is 0.314. The van der Waals surface area contributed by atoms with Crippen molar-refractivity contribution in [3.8, 4) is 5.75 Å². The van der Waals surface area contributed by atoms with Gasteiger partial charge in [-0.25, -0.2) is 0 Å². The van der Waals surface area contributed by atoms with Gasteiger partial charge in [-0.3, -0.25) is 14.3 Å². The van der Waals surface area contributed by atoms with Crippen LogP contribution < -0.4 is 15.4 Å². The van der Waals surface area contributed by atoms with Gasteiger partial charge in [-0.15, -0.1) is 0 Å². The Balaban J connectivity index is 1.36. The maximum absolute atomic E-state index is 12.9. The number of carbonyl (C=O) groups is 2. The summed E-state index contributed by atoms with van der Waals surface area (Å²) in [6.07, 6.45) is 4.04. The Labute approximate surface area is 204 Å². The van der Waals surface area contributed by atoms with Crippen LogP contribution in [0.15, 0.2) is 97.3 Å². The lowest BCUT2D eigenvalue weighted by atomic mass is 9.99. The van der Waals surface area contributed by atoms with E-state index >= 15 is 0 Å². The molecule has 0 radical (unpaired) electrons. The third-order valence-corrected chi connectivity index (χ3v) is 5.59. The van der Waals surface area contributed by atoms with E-state index in [0.717, 1.165) is 16.7 Å². The molecule has 178 valence electrons. The van der Waals surface area contributed by atoms with E-state index in [4.69, 9.17) is 4.74 Å². The molecule has 0 aliphatic rings. The molecule has 3 aromatic carbocycles. The minimum Gasteiger partial charge on any atom is -0.496 e. The first-order valence-electron chi connectivity index (χ1n) is 11.4. The van der Waals surface area contributed by atoms with Crippen LogP contribution in [0, 0.1) is 0 Å². The van der Waals surface area contributed by atoms with E-state index in [2.05, 4.69) is 27.9 Å². The van der Waals surface area contributed by atoms with Gasteiger partial charge in [-0.05, 0) is 23.6 Å². The molecule has 2 N–H and O–H groups in total. The first-order valence-corrected chi connectivity index (χ1v) is 11.4. The maximum Gasteiger partial charge on any atom is 0.242 e. The summed E-state index contributed by atoms with van der Waals surface area (Å²) in [6.45, 7) is 0.0422. The molecule has 1 atom stereocenters. The van der Waals surface area contributed by atoms with Crippen molar-refractivity contribution in [1.29, 1.82) is 0 Å². The molecule has 0 fully saturated rings. The number of nitrogens with zero attached hydrogens (tertiary/aromatic N) is 2. The van der Waals surface area contributed by atoms with Crippen LogP contribution in [0.3, 0.4) is 0 Å². The predicted molar refractivity (Wildman–Crippen MR) is 135 cm³/mol. The van der Waals surface area contributed by atoms with E-state index in [1.165, 1.54) is 10.9 Å². The van der Waals surface area contributed by atoms with Gasteiger partial charge in [-0.1, -0.05) is 78.9 Å². The zero-order chi connectivity index (χ0) is 24.5.